The molecule has 6 heterocycles. The maximum absolute atomic E-state index is 13.6. The standard InChI is InChI=1S/C30H34FN9O2/c1-19(31)16-39-18-25(20(2)36-39)30-23(21(3)41)6-7-26(33-30)24-15-32-40-17-22(5-8-27(24)40)42-29-10-9-28(34-35-29)38-13-11-37(4)12-14-38/h5-10,15,17-19,21,41H,11-14,16H2,1-4H3. The van der Waals surface area contributed by atoms with E-state index in [1.165, 1.54) is 6.92 Å². The summed E-state index contributed by atoms with van der Waals surface area (Å²) in [6, 6.07) is 11.3. The predicted octanol–water partition coefficient (Wildman–Crippen LogP) is 4.31. The number of hydrogen-bond donors (Lipinski definition) is 1. The summed E-state index contributed by atoms with van der Waals surface area (Å²) in [6.45, 7) is 9.04. The molecule has 1 fully saturated rings. The molecule has 5 aromatic heterocycles. The van der Waals surface area contributed by atoms with Gasteiger partial charge in [-0.1, -0.05) is 6.07 Å². The Kier molecular flexibility index (Phi) is 7.56. The zero-order valence-corrected chi connectivity index (χ0v) is 24.1. The van der Waals surface area contributed by atoms with Crippen LogP contribution in [0.25, 0.3) is 28.0 Å². The van der Waals surface area contributed by atoms with Gasteiger partial charge < -0.3 is 19.6 Å². The fraction of sp³-hybridized carbons (Fsp3) is 0.367. The summed E-state index contributed by atoms with van der Waals surface area (Å²) in [5.41, 5.74) is 5.08. The molecule has 1 aliphatic rings. The van der Waals surface area contributed by atoms with Gasteiger partial charge in [0.2, 0.25) is 5.88 Å². The van der Waals surface area contributed by atoms with Crippen molar-refractivity contribution in [2.24, 2.45) is 0 Å². The fourth-order valence-electron chi connectivity index (χ4n) is 5.19. The normalized spacial score (nSPS) is 15.7. The van der Waals surface area contributed by atoms with Gasteiger partial charge in [0.25, 0.3) is 0 Å². The summed E-state index contributed by atoms with van der Waals surface area (Å²) in [6.07, 6.45) is 3.54. The first-order valence-electron chi connectivity index (χ1n) is 14.1. The number of alkyl halides is 1. The van der Waals surface area contributed by atoms with Gasteiger partial charge in [-0.25, -0.2) is 13.9 Å². The van der Waals surface area contributed by atoms with Crippen LogP contribution in [0.2, 0.25) is 0 Å². The van der Waals surface area contributed by atoms with E-state index in [-0.39, 0.29) is 6.54 Å². The van der Waals surface area contributed by atoms with Gasteiger partial charge in [0, 0.05) is 55.1 Å². The Hall–Kier alpha value is -4.42. The Morgan fingerprint density at radius 3 is 2.50 bits per heavy atom. The molecule has 0 bridgehead atoms. The monoisotopic (exact) mass is 571 g/mol. The third kappa shape index (κ3) is 5.68. The van der Waals surface area contributed by atoms with Crippen LogP contribution >= 0.6 is 0 Å². The number of halogens is 1. The molecule has 0 amide bonds. The van der Waals surface area contributed by atoms with Crippen molar-refractivity contribution in [1.82, 2.24) is 39.5 Å². The van der Waals surface area contributed by atoms with Crippen molar-refractivity contribution < 1.29 is 14.2 Å². The lowest BCUT2D eigenvalue weighted by Crippen LogP contribution is -2.44. The SMILES string of the molecule is Cc1nn(CC(C)F)cc1-c1nc(-c2cnn3cc(Oc4ccc(N5CCN(C)CC5)nn4)ccc23)ccc1C(C)O. The molecule has 0 aromatic carbocycles. The lowest BCUT2D eigenvalue weighted by molar-refractivity contribution is 0.199. The van der Waals surface area contributed by atoms with Crippen LogP contribution in [0.5, 0.6) is 11.6 Å². The molecule has 2 unspecified atom stereocenters. The van der Waals surface area contributed by atoms with E-state index < -0.39 is 12.3 Å². The van der Waals surface area contributed by atoms with E-state index in [2.05, 4.69) is 37.2 Å². The van der Waals surface area contributed by atoms with Crippen LogP contribution in [0.15, 0.2) is 55.0 Å². The topological polar surface area (TPSA) is 110 Å². The third-order valence-electron chi connectivity index (χ3n) is 7.46. The first-order chi connectivity index (χ1) is 20.2. The number of pyridine rings is 2. The van der Waals surface area contributed by atoms with E-state index in [4.69, 9.17) is 9.72 Å². The number of aliphatic hydroxyl groups excluding tert-OH is 1. The Morgan fingerprint density at radius 1 is 0.976 bits per heavy atom. The number of aliphatic hydroxyl groups is 1. The summed E-state index contributed by atoms with van der Waals surface area (Å²) in [5.74, 6) is 1.82. The highest BCUT2D eigenvalue weighted by atomic mass is 19.1. The van der Waals surface area contributed by atoms with Gasteiger partial charge in [-0.05, 0) is 52.1 Å². The molecule has 0 spiro atoms. The molecule has 2 atom stereocenters. The van der Waals surface area contributed by atoms with Crippen molar-refractivity contribution >= 4 is 11.3 Å². The van der Waals surface area contributed by atoms with E-state index in [9.17, 15) is 9.50 Å². The van der Waals surface area contributed by atoms with Crippen molar-refractivity contribution in [3.63, 3.8) is 0 Å². The van der Waals surface area contributed by atoms with Gasteiger partial charge in [-0.3, -0.25) is 4.68 Å². The summed E-state index contributed by atoms with van der Waals surface area (Å²) in [5, 5.41) is 28.1. The number of aryl methyl sites for hydroxylation is 1. The molecule has 0 radical (unpaired) electrons. The molecule has 42 heavy (non-hydrogen) atoms. The van der Waals surface area contributed by atoms with Gasteiger partial charge in [0.05, 0.1) is 47.6 Å². The highest BCUT2D eigenvalue weighted by molar-refractivity contribution is 5.80. The third-order valence-corrected chi connectivity index (χ3v) is 7.46. The maximum Gasteiger partial charge on any atom is 0.239 e. The summed E-state index contributed by atoms with van der Waals surface area (Å²) >= 11 is 0. The molecule has 6 rings (SSSR count). The summed E-state index contributed by atoms with van der Waals surface area (Å²) in [4.78, 5) is 9.45. The number of anilines is 1. The van der Waals surface area contributed by atoms with Gasteiger partial charge in [0.15, 0.2) is 5.82 Å². The van der Waals surface area contributed by atoms with E-state index in [0.717, 1.165) is 48.6 Å². The first-order valence-corrected chi connectivity index (χ1v) is 14.1. The lowest BCUT2D eigenvalue weighted by Gasteiger charge is -2.32. The van der Waals surface area contributed by atoms with Crippen molar-refractivity contribution in [3.8, 4) is 34.1 Å². The Bertz CT molecular complexity index is 1690. The van der Waals surface area contributed by atoms with Crippen molar-refractivity contribution in [3.05, 3.63) is 66.2 Å². The summed E-state index contributed by atoms with van der Waals surface area (Å²) in [7, 11) is 2.12. The lowest BCUT2D eigenvalue weighted by atomic mass is 10.0. The van der Waals surface area contributed by atoms with Crippen LogP contribution in [-0.4, -0.2) is 84.0 Å². The van der Waals surface area contributed by atoms with E-state index in [1.807, 2.05) is 43.3 Å². The fourth-order valence-corrected chi connectivity index (χ4v) is 5.19. The van der Waals surface area contributed by atoms with Gasteiger partial charge >= 0.3 is 0 Å². The minimum absolute atomic E-state index is 0.148. The highest BCUT2D eigenvalue weighted by Gasteiger charge is 2.20. The minimum Gasteiger partial charge on any atom is -0.436 e. The zero-order chi connectivity index (χ0) is 29.4. The van der Waals surface area contributed by atoms with Crippen LogP contribution < -0.4 is 9.64 Å². The van der Waals surface area contributed by atoms with E-state index >= 15 is 0 Å². The van der Waals surface area contributed by atoms with Gasteiger partial charge in [0.1, 0.15) is 11.9 Å². The van der Waals surface area contributed by atoms with Gasteiger partial charge in [-0.2, -0.15) is 10.2 Å². The number of likely N-dealkylation sites (N-methyl/N-ethyl adjacent to an activating group) is 1. The van der Waals surface area contributed by atoms with Crippen LogP contribution in [0.4, 0.5) is 10.2 Å². The second kappa shape index (κ2) is 11.5. The van der Waals surface area contributed by atoms with Crippen LogP contribution in [0, 0.1) is 6.92 Å². The Balaban J connectivity index is 1.25. The molecule has 218 valence electrons. The number of fused-ring (bicyclic) bond motifs is 1. The van der Waals surface area contributed by atoms with E-state index in [1.54, 1.807) is 34.7 Å². The summed E-state index contributed by atoms with van der Waals surface area (Å²) < 4.78 is 22.9. The zero-order valence-electron chi connectivity index (χ0n) is 24.1. The Morgan fingerprint density at radius 2 is 1.79 bits per heavy atom. The number of aromatic nitrogens is 7. The highest BCUT2D eigenvalue weighted by Crippen LogP contribution is 2.33. The second-order valence-corrected chi connectivity index (χ2v) is 10.8. The van der Waals surface area contributed by atoms with Crippen molar-refractivity contribution in [1.29, 1.82) is 0 Å². The van der Waals surface area contributed by atoms with Crippen molar-refractivity contribution in [2.45, 2.75) is 39.6 Å². The molecule has 12 heteroatoms. The molecule has 0 aliphatic carbocycles. The van der Waals surface area contributed by atoms with E-state index in [0.29, 0.717) is 34.3 Å². The number of piperazine rings is 1. The first kappa shape index (κ1) is 27.7. The molecule has 1 aliphatic heterocycles. The molecule has 11 nitrogen and oxygen atoms in total. The van der Waals surface area contributed by atoms with Crippen LogP contribution in [-0.2, 0) is 6.54 Å². The molecule has 0 saturated carbocycles. The molecule has 1 saturated heterocycles. The van der Waals surface area contributed by atoms with Gasteiger partial charge in [-0.15, -0.1) is 10.2 Å². The number of nitrogens with zero attached hydrogens (tertiary/aromatic N) is 9. The minimum atomic E-state index is -1.03. The molecular weight excluding hydrogens is 537 g/mol. The average molecular weight is 572 g/mol. The molecular formula is C30H34FN9O2. The molecule has 5 aromatic rings. The van der Waals surface area contributed by atoms with Crippen LogP contribution in [0.1, 0.15) is 31.2 Å². The number of ether oxygens (including phenoxy) is 1. The maximum atomic E-state index is 13.6. The smallest absolute Gasteiger partial charge is 0.239 e. The van der Waals surface area contributed by atoms with Crippen molar-refractivity contribution in [2.75, 3.05) is 38.1 Å². The second-order valence-electron chi connectivity index (χ2n) is 10.8. The largest absolute Gasteiger partial charge is 0.436 e. The quantitative estimate of drug-likeness (QED) is 0.291. The predicted molar refractivity (Wildman–Crippen MR) is 157 cm³/mol. The van der Waals surface area contributed by atoms with Crippen LogP contribution in [0.3, 0.4) is 0 Å². The number of rotatable bonds is 8. The average Bonchev–Trinajstić information content (AvgIpc) is 3.55. The Labute approximate surface area is 243 Å². The number of hydrogen-bond acceptors (Lipinski definition) is 9. The molecule has 1 N–H and O–H groups in total.